The molecule has 4 atom stereocenters. The molecule has 3 aliphatic rings. The van der Waals surface area contributed by atoms with Gasteiger partial charge < -0.3 is 34.9 Å². The molecule has 4 heterocycles. The molecule has 0 unspecified atom stereocenters. The van der Waals surface area contributed by atoms with Gasteiger partial charge in [0, 0.05) is 48.5 Å². The van der Waals surface area contributed by atoms with Crippen molar-refractivity contribution in [2.45, 2.75) is 84.0 Å². The number of hydrogen-bond acceptors (Lipinski definition) is 8. The van der Waals surface area contributed by atoms with E-state index in [0.717, 1.165) is 24.1 Å². The first-order valence-electron chi connectivity index (χ1n) is 19.8. The van der Waals surface area contributed by atoms with E-state index in [1.54, 1.807) is 46.2 Å². The van der Waals surface area contributed by atoms with Crippen molar-refractivity contribution < 1.29 is 37.4 Å². The summed E-state index contributed by atoms with van der Waals surface area (Å²) in [5.41, 5.74) is 5.07. The third-order valence-electron chi connectivity index (χ3n) is 11.5. The minimum Gasteiger partial charge on any atom is -0.453 e. The number of aliphatic imine (C=N–C) groups is 1. The SMILES string of the molecule is COC(=O)N[C@H](C(=O)N1CCC[C@H]1C1=Nc2cc(F)c(-c3ccc(-c4cc5nc([C@@H]6CCCN6C(=O)[C@@H](NC(=O)OC)C(C)C)[nH]c5cc4F)cc3)cc2C1)C(C)C. The fraction of sp³-hybridized carbons (Fsp3) is 0.442. The molecule has 0 saturated carbocycles. The van der Waals surface area contributed by atoms with E-state index in [2.05, 4.69) is 15.6 Å². The largest absolute Gasteiger partial charge is 0.453 e. The number of methoxy groups -OCH3 is 2. The number of halogens is 2. The zero-order valence-corrected chi connectivity index (χ0v) is 33.5. The van der Waals surface area contributed by atoms with Crippen LogP contribution in [-0.4, -0.2) is 94.9 Å². The first kappa shape index (κ1) is 40.3. The van der Waals surface area contributed by atoms with E-state index in [-0.39, 0.29) is 35.7 Å². The maximum absolute atomic E-state index is 15.7. The maximum Gasteiger partial charge on any atom is 0.407 e. The van der Waals surface area contributed by atoms with Crippen molar-refractivity contribution in [1.82, 2.24) is 30.4 Å². The molecule has 2 fully saturated rings. The number of hydrogen-bond donors (Lipinski definition) is 3. The van der Waals surface area contributed by atoms with Gasteiger partial charge in [0.25, 0.3) is 0 Å². The number of amides is 4. The minimum atomic E-state index is -0.775. The van der Waals surface area contributed by atoms with E-state index in [9.17, 15) is 19.2 Å². The second-order valence-corrected chi connectivity index (χ2v) is 15.9. The summed E-state index contributed by atoms with van der Waals surface area (Å²) in [6, 6.07) is 11.1. The Morgan fingerprint density at radius 1 is 0.759 bits per heavy atom. The lowest BCUT2D eigenvalue weighted by Gasteiger charge is -2.30. The van der Waals surface area contributed by atoms with Crippen LogP contribution < -0.4 is 10.6 Å². The molecule has 58 heavy (non-hydrogen) atoms. The number of carbonyl (C=O) groups excluding carboxylic acids is 4. The van der Waals surface area contributed by atoms with Gasteiger partial charge in [-0.3, -0.25) is 14.6 Å². The summed E-state index contributed by atoms with van der Waals surface area (Å²) in [5, 5.41) is 5.31. The van der Waals surface area contributed by atoms with Gasteiger partial charge in [-0.15, -0.1) is 0 Å². The predicted octanol–water partition coefficient (Wildman–Crippen LogP) is 7.22. The standard InChI is InChI=1S/C43H49F2N7O6/c1-22(2)37(49-42(55)57-5)40(53)51-15-7-9-35(51)34-18-26-17-27(29(44)20-31(26)46-34)24-11-13-25(14-12-24)28-19-32-33(21-30(28)45)48-39(47-32)36-10-8-16-52(36)41(54)38(23(3)4)50-43(56)58-6/h11-14,17,19-23,35-38H,7-10,15-16,18H2,1-6H3,(H,47,48)(H,49,55)(H,50,56)/t35-,36-,37-,38-/m0/s1. The molecule has 3 N–H and O–H groups in total. The highest BCUT2D eigenvalue weighted by atomic mass is 19.1. The van der Waals surface area contributed by atoms with Crippen LogP contribution in [0, 0.1) is 23.5 Å². The Morgan fingerprint density at radius 3 is 1.83 bits per heavy atom. The molecule has 15 heteroatoms. The lowest BCUT2D eigenvalue weighted by Crippen LogP contribution is -2.53. The zero-order chi connectivity index (χ0) is 41.4. The molecule has 0 spiro atoms. The fourth-order valence-corrected chi connectivity index (χ4v) is 8.36. The number of H-pyrrole nitrogens is 1. The number of ether oxygens (including phenoxy) is 2. The molecule has 1 aromatic heterocycles. The Kier molecular flexibility index (Phi) is 11.5. The van der Waals surface area contributed by atoms with Crippen molar-refractivity contribution in [1.29, 1.82) is 0 Å². The van der Waals surface area contributed by atoms with Crippen molar-refractivity contribution in [2.75, 3.05) is 27.3 Å². The monoisotopic (exact) mass is 797 g/mol. The first-order valence-corrected chi connectivity index (χ1v) is 19.8. The lowest BCUT2D eigenvalue weighted by atomic mass is 9.96. The molecular formula is C43H49F2N7O6. The van der Waals surface area contributed by atoms with E-state index in [1.165, 1.54) is 26.4 Å². The van der Waals surface area contributed by atoms with Gasteiger partial charge in [0.15, 0.2) is 0 Å². The zero-order valence-electron chi connectivity index (χ0n) is 33.5. The highest BCUT2D eigenvalue weighted by Gasteiger charge is 2.40. The lowest BCUT2D eigenvalue weighted by molar-refractivity contribution is -0.135. The second kappa shape index (κ2) is 16.5. The van der Waals surface area contributed by atoms with Gasteiger partial charge >= 0.3 is 12.2 Å². The van der Waals surface area contributed by atoms with Crippen LogP contribution in [0.4, 0.5) is 24.1 Å². The molecule has 0 aliphatic carbocycles. The summed E-state index contributed by atoms with van der Waals surface area (Å²) in [5.74, 6) is -1.15. The Morgan fingerprint density at radius 2 is 1.28 bits per heavy atom. The highest BCUT2D eigenvalue weighted by molar-refractivity contribution is 6.01. The van der Waals surface area contributed by atoms with Gasteiger partial charge in [-0.1, -0.05) is 52.0 Å². The predicted molar refractivity (Wildman–Crippen MR) is 214 cm³/mol. The summed E-state index contributed by atoms with van der Waals surface area (Å²) in [6.07, 6.45) is 2.01. The number of nitrogens with one attached hydrogen (secondary N) is 3. The number of nitrogens with zero attached hydrogens (tertiary/aromatic N) is 4. The molecule has 4 aromatic rings. The molecule has 3 aliphatic heterocycles. The van der Waals surface area contributed by atoms with Crippen LogP contribution in [0.3, 0.4) is 0 Å². The van der Waals surface area contributed by atoms with Crippen molar-refractivity contribution >= 4 is 46.4 Å². The second-order valence-electron chi connectivity index (χ2n) is 15.9. The topological polar surface area (TPSA) is 158 Å². The molecular weight excluding hydrogens is 749 g/mol. The summed E-state index contributed by atoms with van der Waals surface area (Å²) in [7, 11) is 2.51. The molecule has 0 bridgehead atoms. The van der Waals surface area contributed by atoms with Crippen LogP contribution in [0.2, 0.25) is 0 Å². The quantitative estimate of drug-likeness (QED) is 0.153. The van der Waals surface area contributed by atoms with Crippen molar-refractivity contribution in [3.8, 4) is 22.3 Å². The van der Waals surface area contributed by atoms with Gasteiger partial charge in [0.2, 0.25) is 11.8 Å². The Hall–Kier alpha value is -5.86. The number of aromatic nitrogens is 2. The number of alkyl carbamates (subject to hydrolysis) is 2. The molecule has 0 radical (unpaired) electrons. The molecule has 306 valence electrons. The number of likely N-dealkylation sites (tertiary alicyclic amines) is 2. The van der Waals surface area contributed by atoms with Gasteiger partial charge in [-0.05, 0) is 66.3 Å². The fourth-order valence-electron chi connectivity index (χ4n) is 8.36. The summed E-state index contributed by atoms with van der Waals surface area (Å²) < 4.78 is 40.9. The van der Waals surface area contributed by atoms with Gasteiger partial charge in [-0.25, -0.2) is 23.4 Å². The molecule has 7 rings (SSSR count). The Balaban J connectivity index is 1.07. The van der Waals surface area contributed by atoms with E-state index < -0.39 is 35.9 Å². The van der Waals surface area contributed by atoms with Crippen LogP contribution in [0.5, 0.6) is 0 Å². The summed E-state index contributed by atoms with van der Waals surface area (Å²) in [6.45, 7) is 8.45. The Bertz CT molecular complexity index is 2270. The van der Waals surface area contributed by atoms with Crippen molar-refractivity contribution in [3.63, 3.8) is 0 Å². The van der Waals surface area contributed by atoms with E-state index in [0.29, 0.717) is 77.2 Å². The number of aromatic amines is 1. The summed E-state index contributed by atoms with van der Waals surface area (Å²) >= 11 is 0. The molecule has 3 aromatic carbocycles. The normalized spacial score (nSPS) is 18.7. The molecule has 13 nitrogen and oxygen atoms in total. The van der Waals surface area contributed by atoms with Crippen LogP contribution in [0.15, 0.2) is 53.5 Å². The number of rotatable bonds is 10. The highest BCUT2D eigenvalue weighted by Crippen LogP contribution is 2.38. The number of fused-ring (bicyclic) bond motifs is 2. The van der Waals surface area contributed by atoms with Crippen LogP contribution in [0.1, 0.15) is 70.8 Å². The van der Waals surface area contributed by atoms with Crippen molar-refractivity contribution in [2.24, 2.45) is 16.8 Å². The number of imidazole rings is 1. The van der Waals surface area contributed by atoms with Gasteiger partial charge in [0.05, 0.1) is 43.0 Å². The third kappa shape index (κ3) is 7.86. The Labute approximate surface area is 335 Å². The number of carbonyl (C=O) groups is 4. The van der Waals surface area contributed by atoms with Crippen LogP contribution in [0.25, 0.3) is 33.3 Å². The van der Waals surface area contributed by atoms with Crippen LogP contribution >= 0.6 is 0 Å². The summed E-state index contributed by atoms with van der Waals surface area (Å²) in [4.78, 5) is 67.5. The smallest absolute Gasteiger partial charge is 0.407 e. The number of benzene rings is 3. The average Bonchev–Trinajstić information content (AvgIpc) is 4.03. The molecule has 2 saturated heterocycles. The van der Waals surface area contributed by atoms with E-state index in [1.807, 2.05) is 27.7 Å². The van der Waals surface area contributed by atoms with Gasteiger partial charge in [-0.2, -0.15) is 0 Å². The first-order chi connectivity index (χ1) is 27.8. The average molecular weight is 798 g/mol. The molecule has 4 amide bonds. The van der Waals surface area contributed by atoms with E-state index >= 15 is 8.78 Å². The van der Waals surface area contributed by atoms with Gasteiger partial charge in [0.1, 0.15) is 29.5 Å². The third-order valence-corrected chi connectivity index (χ3v) is 11.5. The van der Waals surface area contributed by atoms with Crippen molar-refractivity contribution in [3.05, 3.63) is 71.6 Å². The van der Waals surface area contributed by atoms with Crippen LogP contribution in [-0.2, 0) is 25.5 Å². The van der Waals surface area contributed by atoms with E-state index in [4.69, 9.17) is 19.5 Å². The minimum absolute atomic E-state index is 0.161. The maximum atomic E-state index is 15.7.